The normalized spacial score (nSPS) is 12.2. The summed E-state index contributed by atoms with van der Waals surface area (Å²) in [5.74, 6) is 0.753. The summed E-state index contributed by atoms with van der Waals surface area (Å²) in [6.45, 7) is 3.88. The van der Waals surface area contributed by atoms with Crippen molar-refractivity contribution in [2.45, 2.75) is 20.0 Å². The molecule has 5 heteroatoms. The molecule has 0 radical (unpaired) electrons. The summed E-state index contributed by atoms with van der Waals surface area (Å²) in [5, 5.41) is 5.80. The highest BCUT2D eigenvalue weighted by atomic mass is 32.2. The lowest BCUT2D eigenvalue weighted by molar-refractivity contribution is 0.242. The molecule has 88 valence electrons. The maximum atomic E-state index is 10.7. The fourth-order valence-corrected chi connectivity index (χ4v) is 1.45. The Morgan fingerprint density at radius 1 is 1.25 bits per heavy atom. The van der Waals surface area contributed by atoms with E-state index in [4.69, 9.17) is 9.88 Å². The summed E-state index contributed by atoms with van der Waals surface area (Å²) < 4.78 is 26.8. The predicted molar refractivity (Wildman–Crippen MR) is 64.3 cm³/mol. The third-order valence-electron chi connectivity index (χ3n) is 1.70. The minimum absolute atomic E-state index is 0.116. The Hall–Kier alpha value is -1.33. The molecule has 1 rings (SSSR count). The fourth-order valence-electron chi connectivity index (χ4n) is 1.10. The van der Waals surface area contributed by atoms with Crippen LogP contribution in [0, 0.1) is 0 Å². The minimum Gasteiger partial charge on any atom is -0.491 e. The molecular formula is C11H15NO3S. The van der Waals surface area contributed by atoms with Gasteiger partial charge in [0.25, 0.3) is 0 Å². The van der Waals surface area contributed by atoms with Gasteiger partial charge in [-0.2, -0.15) is 0 Å². The van der Waals surface area contributed by atoms with E-state index in [1.54, 1.807) is 24.3 Å². The maximum absolute atomic E-state index is 10.7. The zero-order valence-corrected chi connectivity index (χ0v) is 10.1. The van der Waals surface area contributed by atoms with E-state index in [2.05, 4.69) is 0 Å². The number of sulfonamides is 1. The molecule has 0 bridgehead atoms. The molecule has 0 aliphatic heterocycles. The van der Waals surface area contributed by atoms with E-state index in [1.165, 1.54) is 6.08 Å². The molecule has 0 aliphatic rings. The average Bonchev–Trinajstić information content (AvgIpc) is 2.14. The first-order valence-corrected chi connectivity index (χ1v) is 6.45. The van der Waals surface area contributed by atoms with E-state index in [0.717, 1.165) is 16.7 Å². The highest BCUT2D eigenvalue weighted by Gasteiger charge is 1.97. The zero-order valence-electron chi connectivity index (χ0n) is 9.25. The zero-order chi connectivity index (χ0) is 12.2. The first-order chi connectivity index (χ1) is 7.37. The average molecular weight is 241 g/mol. The molecule has 0 unspecified atom stereocenters. The summed E-state index contributed by atoms with van der Waals surface area (Å²) in [6.07, 6.45) is 1.56. The smallest absolute Gasteiger partial charge is 0.231 e. The lowest BCUT2D eigenvalue weighted by atomic mass is 10.2. The minimum atomic E-state index is -3.56. The Morgan fingerprint density at radius 2 is 1.81 bits per heavy atom. The van der Waals surface area contributed by atoms with Crippen molar-refractivity contribution >= 4 is 16.1 Å². The van der Waals surface area contributed by atoms with Gasteiger partial charge in [-0.15, -0.1) is 0 Å². The van der Waals surface area contributed by atoms with Gasteiger partial charge in [0.1, 0.15) is 5.75 Å². The number of ether oxygens (including phenoxy) is 1. The molecule has 1 aromatic rings. The van der Waals surface area contributed by atoms with Gasteiger partial charge in [-0.05, 0) is 37.6 Å². The molecule has 2 N–H and O–H groups in total. The molecule has 0 saturated carbocycles. The van der Waals surface area contributed by atoms with Crippen LogP contribution >= 0.6 is 0 Å². The molecule has 0 saturated heterocycles. The molecule has 0 heterocycles. The lowest BCUT2D eigenvalue weighted by Crippen LogP contribution is -2.06. The van der Waals surface area contributed by atoms with E-state index < -0.39 is 10.0 Å². The van der Waals surface area contributed by atoms with Crippen LogP contribution in [0.4, 0.5) is 0 Å². The highest BCUT2D eigenvalue weighted by Crippen LogP contribution is 2.14. The second-order valence-corrected chi connectivity index (χ2v) is 5.08. The van der Waals surface area contributed by atoms with Crippen molar-refractivity contribution in [3.8, 4) is 5.75 Å². The van der Waals surface area contributed by atoms with E-state index in [1.807, 2.05) is 13.8 Å². The Morgan fingerprint density at radius 3 is 2.25 bits per heavy atom. The van der Waals surface area contributed by atoms with Gasteiger partial charge in [-0.3, -0.25) is 0 Å². The quantitative estimate of drug-likeness (QED) is 0.872. The van der Waals surface area contributed by atoms with Crippen molar-refractivity contribution in [2.24, 2.45) is 5.14 Å². The fraction of sp³-hybridized carbons (Fsp3) is 0.273. The molecule has 0 fully saturated rings. The van der Waals surface area contributed by atoms with Crippen LogP contribution in [0.3, 0.4) is 0 Å². The van der Waals surface area contributed by atoms with Crippen LogP contribution in [0.5, 0.6) is 5.75 Å². The topological polar surface area (TPSA) is 69.4 Å². The lowest BCUT2D eigenvalue weighted by Gasteiger charge is -2.09. The van der Waals surface area contributed by atoms with Gasteiger partial charge in [-0.1, -0.05) is 12.1 Å². The summed E-state index contributed by atoms with van der Waals surface area (Å²) in [6, 6.07) is 7.09. The maximum Gasteiger partial charge on any atom is 0.231 e. The van der Waals surface area contributed by atoms with E-state index in [-0.39, 0.29) is 6.10 Å². The van der Waals surface area contributed by atoms with Crippen LogP contribution in [0.1, 0.15) is 19.4 Å². The second-order valence-electron chi connectivity index (χ2n) is 3.63. The second kappa shape index (κ2) is 5.14. The molecule has 0 atom stereocenters. The highest BCUT2D eigenvalue weighted by molar-refractivity contribution is 7.92. The summed E-state index contributed by atoms with van der Waals surface area (Å²) in [4.78, 5) is 0. The van der Waals surface area contributed by atoms with Crippen molar-refractivity contribution in [3.05, 3.63) is 35.2 Å². The Balaban J connectivity index is 2.76. The third kappa shape index (κ3) is 4.95. The first kappa shape index (κ1) is 12.7. The number of rotatable bonds is 4. The van der Waals surface area contributed by atoms with E-state index in [0.29, 0.717) is 0 Å². The largest absolute Gasteiger partial charge is 0.491 e. The van der Waals surface area contributed by atoms with Gasteiger partial charge in [0.2, 0.25) is 10.0 Å². The van der Waals surface area contributed by atoms with Crippen LogP contribution in [-0.4, -0.2) is 14.5 Å². The van der Waals surface area contributed by atoms with Gasteiger partial charge in [0.15, 0.2) is 0 Å². The number of nitrogens with two attached hydrogens (primary N) is 1. The van der Waals surface area contributed by atoms with Gasteiger partial charge in [0.05, 0.1) is 6.10 Å². The number of primary sulfonamides is 1. The van der Waals surface area contributed by atoms with Crippen LogP contribution in [0.25, 0.3) is 6.08 Å². The first-order valence-electron chi connectivity index (χ1n) is 4.84. The monoisotopic (exact) mass is 241 g/mol. The molecule has 0 amide bonds. The Bertz CT molecular complexity index is 461. The number of benzene rings is 1. The number of hydrogen-bond acceptors (Lipinski definition) is 3. The van der Waals surface area contributed by atoms with Crippen molar-refractivity contribution < 1.29 is 13.2 Å². The van der Waals surface area contributed by atoms with Crippen molar-refractivity contribution in [2.75, 3.05) is 0 Å². The SMILES string of the molecule is CC(C)Oc1ccc(/C=C/S(N)(=O)=O)cc1. The molecule has 16 heavy (non-hydrogen) atoms. The van der Waals surface area contributed by atoms with E-state index in [9.17, 15) is 8.42 Å². The molecule has 0 aromatic heterocycles. The van der Waals surface area contributed by atoms with Crippen molar-refractivity contribution in [3.63, 3.8) is 0 Å². The standard InChI is InChI=1S/C11H15NO3S/c1-9(2)15-11-5-3-10(4-6-11)7-8-16(12,13)14/h3-9H,1-2H3,(H2,12,13,14)/b8-7+. The molecule has 0 aliphatic carbocycles. The summed E-state index contributed by atoms with van der Waals surface area (Å²) >= 11 is 0. The van der Waals surface area contributed by atoms with Crippen LogP contribution in [0.2, 0.25) is 0 Å². The third-order valence-corrected chi connectivity index (χ3v) is 2.22. The van der Waals surface area contributed by atoms with Crippen LogP contribution in [0.15, 0.2) is 29.7 Å². The van der Waals surface area contributed by atoms with Crippen LogP contribution < -0.4 is 9.88 Å². The molecule has 4 nitrogen and oxygen atoms in total. The summed E-state index contributed by atoms with van der Waals surface area (Å²) in [5.41, 5.74) is 0.755. The van der Waals surface area contributed by atoms with Gasteiger partial charge in [-0.25, -0.2) is 13.6 Å². The van der Waals surface area contributed by atoms with Gasteiger partial charge < -0.3 is 4.74 Å². The van der Waals surface area contributed by atoms with Gasteiger partial charge >= 0.3 is 0 Å². The molecule has 0 spiro atoms. The van der Waals surface area contributed by atoms with Crippen LogP contribution in [-0.2, 0) is 10.0 Å². The Labute approximate surface area is 95.8 Å². The van der Waals surface area contributed by atoms with Gasteiger partial charge in [0, 0.05) is 5.41 Å². The number of hydrogen-bond donors (Lipinski definition) is 1. The molecular weight excluding hydrogens is 226 g/mol. The van der Waals surface area contributed by atoms with Crippen molar-refractivity contribution in [1.82, 2.24) is 0 Å². The van der Waals surface area contributed by atoms with Crippen molar-refractivity contribution in [1.29, 1.82) is 0 Å². The van der Waals surface area contributed by atoms with E-state index >= 15 is 0 Å². The predicted octanol–water partition coefficient (Wildman–Crippen LogP) is 1.73. The Kier molecular flexibility index (Phi) is 4.09. The molecule has 1 aromatic carbocycles. The summed E-state index contributed by atoms with van der Waals surface area (Å²) in [7, 11) is -3.56.